The van der Waals surface area contributed by atoms with E-state index in [0.29, 0.717) is 18.1 Å². The molecule has 0 aliphatic rings. The number of aromatic nitrogens is 1. The van der Waals surface area contributed by atoms with Crippen molar-refractivity contribution in [3.8, 4) is 11.5 Å². The summed E-state index contributed by atoms with van der Waals surface area (Å²) in [5.41, 5.74) is 2.64. The van der Waals surface area contributed by atoms with Crippen LogP contribution in [0.4, 0.5) is 0 Å². The predicted molar refractivity (Wildman–Crippen MR) is 111 cm³/mol. The Bertz CT molecular complexity index is 908. The quantitative estimate of drug-likeness (QED) is 0.550. The lowest BCUT2D eigenvalue weighted by Gasteiger charge is -2.19. The van der Waals surface area contributed by atoms with E-state index in [2.05, 4.69) is 11.9 Å². The van der Waals surface area contributed by atoms with Gasteiger partial charge >= 0.3 is 0 Å². The Hall–Kier alpha value is -3.11. The smallest absolute Gasteiger partial charge is 0.138 e. The number of benzene rings is 2. The standard InChI is InChI=1S/C24H25NO3/c1-3-19-16-21(27-4-2)12-13-22(19)28-23(15-18-9-8-14-25-17-18)24(26)20-10-6-5-7-11-20/h5-17,24,26H,3-4H2,1-2H3/b23-15+. The number of nitrogens with zero attached hydrogens (tertiary/aromatic N) is 1. The molecule has 0 bridgehead atoms. The summed E-state index contributed by atoms with van der Waals surface area (Å²) in [4.78, 5) is 4.14. The lowest BCUT2D eigenvalue weighted by Crippen LogP contribution is -2.09. The maximum Gasteiger partial charge on any atom is 0.138 e. The van der Waals surface area contributed by atoms with Gasteiger partial charge in [0.1, 0.15) is 23.4 Å². The second-order valence-corrected chi connectivity index (χ2v) is 6.30. The van der Waals surface area contributed by atoms with Crippen LogP contribution in [0.15, 0.2) is 78.8 Å². The Kier molecular flexibility index (Phi) is 6.82. The van der Waals surface area contributed by atoms with Crippen molar-refractivity contribution in [2.24, 2.45) is 0 Å². The van der Waals surface area contributed by atoms with Gasteiger partial charge in [-0.1, -0.05) is 43.3 Å². The van der Waals surface area contributed by atoms with Gasteiger partial charge in [0.05, 0.1) is 6.61 Å². The highest BCUT2D eigenvalue weighted by molar-refractivity contribution is 5.53. The molecule has 2 aromatic carbocycles. The third-order valence-corrected chi connectivity index (χ3v) is 4.33. The molecule has 1 N–H and O–H groups in total. The minimum Gasteiger partial charge on any atom is -0.494 e. The van der Waals surface area contributed by atoms with E-state index in [1.54, 1.807) is 12.4 Å². The molecule has 3 rings (SSSR count). The predicted octanol–water partition coefficient (Wildman–Crippen LogP) is 5.20. The average molecular weight is 375 g/mol. The lowest BCUT2D eigenvalue weighted by molar-refractivity contribution is 0.165. The SMILES string of the molecule is CCOc1ccc(O/C(=C/c2cccnc2)C(O)c2ccccc2)c(CC)c1. The summed E-state index contributed by atoms with van der Waals surface area (Å²) in [7, 11) is 0. The van der Waals surface area contributed by atoms with Crippen LogP contribution in [0.5, 0.6) is 11.5 Å². The van der Waals surface area contributed by atoms with Gasteiger partial charge in [0.25, 0.3) is 0 Å². The number of hydrogen-bond acceptors (Lipinski definition) is 4. The van der Waals surface area contributed by atoms with Gasteiger partial charge in [-0.2, -0.15) is 0 Å². The molecule has 1 atom stereocenters. The molecule has 28 heavy (non-hydrogen) atoms. The van der Waals surface area contributed by atoms with Crippen molar-refractivity contribution in [1.29, 1.82) is 0 Å². The summed E-state index contributed by atoms with van der Waals surface area (Å²) in [5, 5.41) is 11.0. The summed E-state index contributed by atoms with van der Waals surface area (Å²) in [6.07, 6.45) is 5.17. The molecular weight excluding hydrogens is 350 g/mol. The van der Waals surface area contributed by atoms with Crippen LogP contribution in [0.3, 0.4) is 0 Å². The minimum absolute atomic E-state index is 0.443. The number of aliphatic hydroxyl groups excluding tert-OH is 1. The number of ether oxygens (including phenoxy) is 2. The number of aliphatic hydroxyl groups is 1. The molecule has 144 valence electrons. The highest BCUT2D eigenvalue weighted by atomic mass is 16.5. The van der Waals surface area contributed by atoms with E-state index >= 15 is 0 Å². The highest BCUT2D eigenvalue weighted by Crippen LogP contribution is 2.31. The molecule has 4 heteroatoms. The van der Waals surface area contributed by atoms with Gasteiger partial charge in [-0.3, -0.25) is 4.98 Å². The lowest BCUT2D eigenvalue weighted by atomic mass is 10.1. The van der Waals surface area contributed by atoms with Gasteiger partial charge in [0.2, 0.25) is 0 Å². The Balaban J connectivity index is 1.97. The summed E-state index contributed by atoms with van der Waals surface area (Å²) in [5.74, 6) is 1.96. The van der Waals surface area contributed by atoms with Crippen LogP contribution < -0.4 is 9.47 Å². The highest BCUT2D eigenvalue weighted by Gasteiger charge is 2.17. The van der Waals surface area contributed by atoms with Crippen LogP contribution in [0.1, 0.15) is 36.6 Å². The number of aryl methyl sites for hydroxylation is 1. The van der Waals surface area contributed by atoms with Crippen LogP contribution in [-0.4, -0.2) is 16.7 Å². The molecule has 4 nitrogen and oxygen atoms in total. The number of hydrogen-bond donors (Lipinski definition) is 1. The van der Waals surface area contributed by atoms with Crippen molar-refractivity contribution in [2.75, 3.05) is 6.61 Å². The van der Waals surface area contributed by atoms with Gasteiger partial charge in [0, 0.05) is 12.4 Å². The molecule has 1 unspecified atom stereocenters. The zero-order chi connectivity index (χ0) is 19.8. The first kappa shape index (κ1) is 19.6. The summed E-state index contributed by atoms with van der Waals surface area (Å²) in [6.45, 7) is 4.64. The molecule has 0 amide bonds. The first-order valence-electron chi connectivity index (χ1n) is 9.49. The van der Waals surface area contributed by atoms with E-state index in [-0.39, 0.29) is 0 Å². The van der Waals surface area contributed by atoms with Crippen molar-refractivity contribution in [3.63, 3.8) is 0 Å². The first-order valence-corrected chi connectivity index (χ1v) is 9.49. The third kappa shape index (κ3) is 4.99. The molecular formula is C24H25NO3. The van der Waals surface area contributed by atoms with E-state index in [1.807, 2.05) is 73.7 Å². The zero-order valence-corrected chi connectivity index (χ0v) is 16.2. The van der Waals surface area contributed by atoms with E-state index in [0.717, 1.165) is 28.9 Å². The van der Waals surface area contributed by atoms with Crippen LogP contribution >= 0.6 is 0 Å². The van der Waals surface area contributed by atoms with E-state index < -0.39 is 6.10 Å². The molecule has 1 aromatic heterocycles. The van der Waals surface area contributed by atoms with Gasteiger partial charge in [0.15, 0.2) is 0 Å². The maximum absolute atomic E-state index is 11.0. The molecule has 0 radical (unpaired) electrons. The largest absolute Gasteiger partial charge is 0.494 e. The van der Waals surface area contributed by atoms with Crippen molar-refractivity contribution in [2.45, 2.75) is 26.4 Å². The van der Waals surface area contributed by atoms with Crippen LogP contribution in [0, 0.1) is 0 Å². The van der Waals surface area contributed by atoms with Gasteiger partial charge in [-0.05, 0) is 60.4 Å². The second-order valence-electron chi connectivity index (χ2n) is 6.30. The second kappa shape index (κ2) is 9.72. The average Bonchev–Trinajstić information content (AvgIpc) is 2.75. The molecule has 3 aromatic rings. The number of rotatable bonds is 8. The van der Waals surface area contributed by atoms with E-state index in [1.165, 1.54) is 0 Å². The van der Waals surface area contributed by atoms with Crippen LogP contribution in [0.2, 0.25) is 0 Å². The summed E-state index contributed by atoms with van der Waals surface area (Å²) in [6, 6.07) is 19.0. The Labute approximate surface area is 166 Å². The van der Waals surface area contributed by atoms with Crippen LogP contribution in [0.25, 0.3) is 6.08 Å². The minimum atomic E-state index is -0.891. The Morgan fingerprint density at radius 1 is 1.07 bits per heavy atom. The maximum atomic E-state index is 11.0. The molecule has 1 heterocycles. The van der Waals surface area contributed by atoms with Crippen molar-refractivity contribution in [3.05, 3.63) is 95.5 Å². The topological polar surface area (TPSA) is 51.6 Å². The van der Waals surface area contributed by atoms with E-state index in [9.17, 15) is 5.11 Å². The fourth-order valence-electron chi connectivity index (χ4n) is 2.90. The molecule has 0 aliphatic heterocycles. The summed E-state index contributed by atoms with van der Waals surface area (Å²) >= 11 is 0. The number of pyridine rings is 1. The van der Waals surface area contributed by atoms with Gasteiger partial charge < -0.3 is 14.6 Å². The summed E-state index contributed by atoms with van der Waals surface area (Å²) < 4.78 is 11.8. The monoisotopic (exact) mass is 375 g/mol. The fourth-order valence-corrected chi connectivity index (χ4v) is 2.90. The Morgan fingerprint density at radius 3 is 2.57 bits per heavy atom. The van der Waals surface area contributed by atoms with Crippen molar-refractivity contribution in [1.82, 2.24) is 4.98 Å². The third-order valence-electron chi connectivity index (χ3n) is 4.33. The van der Waals surface area contributed by atoms with Gasteiger partial charge in [-0.25, -0.2) is 0 Å². The molecule has 0 aliphatic carbocycles. The van der Waals surface area contributed by atoms with E-state index in [4.69, 9.17) is 9.47 Å². The van der Waals surface area contributed by atoms with Gasteiger partial charge in [-0.15, -0.1) is 0 Å². The van der Waals surface area contributed by atoms with Crippen molar-refractivity contribution < 1.29 is 14.6 Å². The molecule has 0 fully saturated rings. The van der Waals surface area contributed by atoms with Crippen LogP contribution in [-0.2, 0) is 6.42 Å². The normalized spacial score (nSPS) is 12.5. The van der Waals surface area contributed by atoms with Crippen molar-refractivity contribution >= 4 is 6.08 Å². The molecule has 0 saturated carbocycles. The Morgan fingerprint density at radius 2 is 1.89 bits per heavy atom. The first-order chi connectivity index (χ1) is 13.7. The fraction of sp³-hybridized carbons (Fsp3) is 0.208. The zero-order valence-electron chi connectivity index (χ0n) is 16.2. The molecule has 0 spiro atoms. The molecule has 0 saturated heterocycles.